The smallest absolute Gasteiger partial charge is 0.326 e. The lowest BCUT2D eigenvalue weighted by molar-refractivity contribution is 0.102. The molecule has 0 aliphatic heterocycles. The number of nitrogens with two attached hydrogens (primary N) is 1. The SMILES string of the molecule is CC.Nc1ccccc1NC(=O)c1ccc(Cn2c(=O)[nH]c3cc(F)ccc32)cc1. The van der Waals surface area contributed by atoms with Crippen LogP contribution in [0.15, 0.2) is 71.5 Å². The molecule has 154 valence electrons. The van der Waals surface area contributed by atoms with Crippen molar-refractivity contribution in [1.29, 1.82) is 0 Å². The number of hydrogen-bond acceptors (Lipinski definition) is 3. The molecule has 4 N–H and O–H groups in total. The summed E-state index contributed by atoms with van der Waals surface area (Å²) in [6, 6.07) is 18.1. The Balaban J connectivity index is 0.00000124. The molecule has 0 bridgehead atoms. The summed E-state index contributed by atoms with van der Waals surface area (Å²) in [6.45, 7) is 4.30. The van der Waals surface area contributed by atoms with Gasteiger partial charge in [-0.2, -0.15) is 0 Å². The molecule has 0 unspecified atom stereocenters. The van der Waals surface area contributed by atoms with E-state index < -0.39 is 5.82 Å². The number of carbonyl (C=O) groups is 1. The van der Waals surface area contributed by atoms with Crippen LogP contribution in [0.4, 0.5) is 15.8 Å². The van der Waals surface area contributed by atoms with Gasteiger partial charge in [-0.3, -0.25) is 9.36 Å². The van der Waals surface area contributed by atoms with Gasteiger partial charge in [0.2, 0.25) is 0 Å². The van der Waals surface area contributed by atoms with Crippen molar-refractivity contribution < 1.29 is 9.18 Å². The molecule has 7 heteroatoms. The number of fused-ring (bicyclic) bond motifs is 1. The first-order chi connectivity index (χ1) is 14.5. The molecule has 0 saturated carbocycles. The van der Waals surface area contributed by atoms with Gasteiger partial charge in [-0.05, 0) is 48.0 Å². The third kappa shape index (κ3) is 4.41. The first kappa shape index (κ1) is 20.9. The van der Waals surface area contributed by atoms with Crippen molar-refractivity contribution in [3.63, 3.8) is 0 Å². The fourth-order valence-electron chi connectivity index (χ4n) is 3.04. The number of amides is 1. The van der Waals surface area contributed by atoms with E-state index in [-0.39, 0.29) is 11.6 Å². The lowest BCUT2D eigenvalue weighted by atomic mass is 10.1. The predicted molar refractivity (Wildman–Crippen MR) is 118 cm³/mol. The summed E-state index contributed by atoms with van der Waals surface area (Å²) in [7, 11) is 0. The molecule has 0 aliphatic rings. The van der Waals surface area contributed by atoms with Crippen LogP contribution in [-0.2, 0) is 6.54 Å². The Morgan fingerprint density at radius 3 is 2.47 bits per heavy atom. The zero-order valence-electron chi connectivity index (χ0n) is 16.8. The summed E-state index contributed by atoms with van der Waals surface area (Å²) in [5, 5.41) is 2.77. The van der Waals surface area contributed by atoms with Crippen LogP contribution in [0.2, 0.25) is 0 Å². The van der Waals surface area contributed by atoms with Crippen LogP contribution in [0.25, 0.3) is 11.0 Å². The third-order valence-corrected chi connectivity index (χ3v) is 4.50. The number of benzene rings is 3. The Bertz CT molecular complexity index is 1230. The van der Waals surface area contributed by atoms with Crippen LogP contribution in [-0.4, -0.2) is 15.5 Å². The molecule has 0 spiro atoms. The number of para-hydroxylation sites is 2. The van der Waals surface area contributed by atoms with Crippen LogP contribution < -0.4 is 16.7 Å². The summed E-state index contributed by atoms with van der Waals surface area (Å²) >= 11 is 0. The number of rotatable bonds is 4. The lowest BCUT2D eigenvalue weighted by Gasteiger charge is -2.09. The summed E-state index contributed by atoms with van der Waals surface area (Å²) in [4.78, 5) is 27.2. The highest BCUT2D eigenvalue weighted by molar-refractivity contribution is 6.05. The Morgan fingerprint density at radius 2 is 1.77 bits per heavy atom. The van der Waals surface area contributed by atoms with Crippen molar-refractivity contribution in [1.82, 2.24) is 9.55 Å². The van der Waals surface area contributed by atoms with Gasteiger partial charge in [0.25, 0.3) is 5.91 Å². The molecular formula is C23H23FN4O2. The topological polar surface area (TPSA) is 92.9 Å². The lowest BCUT2D eigenvalue weighted by Crippen LogP contribution is -2.17. The van der Waals surface area contributed by atoms with Gasteiger partial charge in [-0.15, -0.1) is 0 Å². The van der Waals surface area contributed by atoms with Gasteiger partial charge in [0.1, 0.15) is 5.82 Å². The minimum atomic E-state index is -0.407. The monoisotopic (exact) mass is 406 g/mol. The molecular weight excluding hydrogens is 383 g/mol. The van der Waals surface area contributed by atoms with Crippen LogP contribution >= 0.6 is 0 Å². The van der Waals surface area contributed by atoms with Crippen molar-refractivity contribution in [2.45, 2.75) is 20.4 Å². The van der Waals surface area contributed by atoms with Gasteiger partial charge < -0.3 is 16.0 Å². The van der Waals surface area contributed by atoms with E-state index >= 15 is 0 Å². The van der Waals surface area contributed by atoms with Gasteiger partial charge in [-0.25, -0.2) is 9.18 Å². The van der Waals surface area contributed by atoms with E-state index in [1.807, 2.05) is 13.8 Å². The number of nitrogen functional groups attached to an aromatic ring is 1. The van der Waals surface area contributed by atoms with Crippen molar-refractivity contribution in [3.05, 3.63) is 94.2 Å². The minimum absolute atomic E-state index is 0.274. The van der Waals surface area contributed by atoms with Crippen LogP contribution in [0.3, 0.4) is 0 Å². The number of anilines is 2. The van der Waals surface area contributed by atoms with Crippen LogP contribution in [0.5, 0.6) is 0 Å². The predicted octanol–water partition coefficient (Wildman–Crippen LogP) is 4.38. The summed E-state index contributed by atoms with van der Waals surface area (Å²) in [5.41, 5.74) is 8.94. The van der Waals surface area contributed by atoms with Gasteiger partial charge in [0.15, 0.2) is 0 Å². The van der Waals surface area contributed by atoms with E-state index in [0.29, 0.717) is 34.5 Å². The summed E-state index contributed by atoms with van der Waals surface area (Å²) in [5.74, 6) is -0.681. The van der Waals surface area contributed by atoms with E-state index in [4.69, 9.17) is 5.73 Å². The van der Waals surface area contributed by atoms with Gasteiger partial charge >= 0.3 is 5.69 Å². The van der Waals surface area contributed by atoms with Crippen molar-refractivity contribution in [2.75, 3.05) is 11.1 Å². The Labute approximate surface area is 173 Å². The zero-order valence-corrected chi connectivity index (χ0v) is 16.8. The average molecular weight is 406 g/mol. The number of aromatic nitrogens is 2. The van der Waals surface area contributed by atoms with Gasteiger partial charge in [0, 0.05) is 5.56 Å². The molecule has 6 nitrogen and oxygen atoms in total. The molecule has 30 heavy (non-hydrogen) atoms. The standard InChI is InChI=1S/C21H17FN4O2.C2H6/c22-15-9-10-19-18(11-15)25-21(28)26(19)12-13-5-7-14(8-6-13)20(27)24-17-4-2-1-3-16(17)23;1-2/h1-11H,12,23H2,(H,24,27)(H,25,28);1-2H3. The van der Waals surface area contributed by atoms with Crippen molar-refractivity contribution in [3.8, 4) is 0 Å². The van der Waals surface area contributed by atoms with E-state index in [1.165, 1.54) is 16.7 Å². The molecule has 0 saturated heterocycles. The van der Waals surface area contributed by atoms with Crippen molar-refractivity contribution in [2.24, 2.45) is 0 Å². The fourth-order valence-corrected chi connectivity index (χ4v) is 3.04. The van der Waals surface area contributed by atoms with Gasteiger partial charge in [-0.1, -0.05) is 38.1 Å². The number of hydrogen-bond donors (Lipinski definition) is 3. The summed E-state index contributed by atoms with van der Waals surface area (Å²) < 4.78 is 14.9. The first-order valence-corrected chi connectivity index (χ1v) is 9.64. The normalized spacial score (nSPS) is 10.4. The minimum Gasteiger partial charge on any atom is -0.397 e. The number of imidazole rings is 1. The molecule has 0 atom stereocenters. The number of halogens is 1. The number of nitrogens with zero attached hydrogens (tertiary/aromatic N) is 1. The highest BCUT2D eigenvalue weighted by atomic mass is 19.1. The zero-order chi connectivity index (χ0) is 21.7. The third-order valence-electron chi connectivity index (χ3n) is 4.50. The summed E-state index contributed by atoms with van der Waals surface area (Å²) in [6.07, 6.45) is 0. The average Bonchev–Trinajstić information content (AvgIpc) is 3.05. The van der Waals surface area contributed by atoms with E-state index in [0.717, 1.165) is 5.56 Å². The van der Waals surface area contributed by atoms with Crippen LogP contribution in [0.1, 0.15) is 29.8 Å². The second-order valence-corrected chi connectivity index (χ2v) is 6.42. The Morgan fingerprint density at radius 1 is 1.07 bits per heavy atom. The molecule has 3 aromatic carbocycles. The molecule has 4 aromatic rings. The number of H-pyrrole nitrogens is 1. The second kappa shape index (κ2) is 9.09. The quantitative estimate of drug-likeness (QED) is 0.439. The molecule has 0 fully saturated rings. The maximum Gasteiger partial charge on any atom is 0.326 e. The second-order valence-electron chi connectivity index (χ2n) is 6.42. The fraction of sp³-hybridized carbons (Fsp3) is 0.130. The maximum atomic E-state index is 13.3. The number of carbonyl (C=O) groups excluding carboxylic acids is 1. The van der Waals surface area contributed by atoms with Crippen molar-refractivity contribution >= 4 is 28.3 Å². The Kier molecular flexibility index (Phi) is 6.32. The van der Waals surface area contributed by atoms with E-state index in [1.54, 1.807) is 54.6 Å². The first-order valence-electron chi connectivity index (χ1n) is 9.64. The number of aromatic amines is 1. The molecule has 0 radical (unpaired) electrons. The largest absolute Gasteiger partial charge is 0.397 e. The number of nitrogens with one attached hydrogen (secondary N) is 2. The highest BCUT2D eigenvalue weighted by Crippen LogP contribution is 2.18. The van der Waals surface area contributed by atoms with E-state index in [9.17, 15) is 14.0 Å². The molecule has 1 amide bonds. The van der Waals surface area contributed by atoms with E-state index in [2.05, 4.69) is 10.3 Å². The highest BCUT2D eigenvalue weighted by Gasteiger charge is 2.10. The van der Waals surface area contributed by atoms with Crippen LogP contribution in [0, 0.1) is 5.82 Å². The van der Waals surface area contributed by atoms with Gasteiger partial charge in [0.05, 0.1) is 29.0 Å². The molecule has 4 rings (SSSR count). The molecule has 1 aromatic heterocycles. The molecule has 1 heterocycles. The maximum absolute atomic E-state index is 13.3. The Hall–Kier alpha value is -3.87. The molecule has 0 aliphatic carbocycles.